The monoisotopic (exact) mass is 285 g/mol. The molecular formula is C14H15N5O2. The van der Waals surface area contributed by atoms with Gasteiger partial charge in [0.25, 0.3) is 0 Å². The van der Waals surface area contributed by atoms with Gasteiger partial charge in [-0.05, 0) is 5.56 Å². The van der Waals surface area contributed by atoms with E-state index in [0.717, 1.165) is 5.56 Å². The Morgan fingerprint density at radius 2 is 2.10 bits per heavy atom. The molecule has 0 saturated heterocycles. The average Bonchev–Trinajstić information content (AvgIpc) is 3.08. The quantitative estimate of drug-likeness (QED) is 0.759. The summed E-state index contributed by atoms with van der Waals surface area (Å²) >= 11 is 0. The molecule has 0 radical (unpaired) electrons. The molecule has 0 unspecified atom stereocenters. The third kappa shape index (κ3) is 3.07. The molecule has 0 aliphatic carbocycles. The third-order valence-corrected chi connectivity index (χ3v) is 3.05. The van der Waals surface area contributed by atoms with Crippen molar-refractivity contribution in [3.05, 3.63) is 63.9 Å². The first-order valence-electron chi connectivity index (χ1n) is 6.76. The molecule has 1 N–H and O–H groups in total. The highest BCUT2D eigenvalue weighted by Gasteiger charge is 2.10. The van der Waals surface area contributed by atoms with Gasteiger partial charge in [-0.2, -0.15) is 10.1 Å². The van der Waals surface area contributed by atoms with E-state index >= 15 is 0 Å². The molecule has 7 heteroatoms. The van der Waals surface area contributed by atoms with Crippen molar-refractivity contribution in [3.8, 4) is 0 Å². The van der Waals surface area contributed by atoms with Crippen LogP contribution in [0.15, 0.2) is 39.6 Å². The fourth-order valence-corrected chi connectivity index (χ4v) is 2.01. The molecule has 21 heavy (non-hydrogen) atoms. The molecule has 0 aliphatic heterocycles. The summed E-state index contributed by atoms with van der Waals surface area (Å²) in [5.74, 6) is 1.62. The maximum atomic E-state index is 11.9. The van der Waals surface area contributed by atoms with Gasteiger partial charge in [0.05, 0.1) is 0 Å². The number of rotatable bonds is 5. The summed E-state index contributed by atoms with van der Waals surface area (Å²) in [6, 6.07) is 9.84. The Morgan fingerprint density at radius 3 is 2.81 bits per heavy atom. The molecular weight excluding hydrogens is 270 g/mol. The Morgan fingerprint density at radius 1 is 1.29 bits per heavy atom. The molecule has 2 aromatic heterocycles. The summed E-state index contributed by atoms with van der Waals surface area (Å²) < 4.78 is 6.36. The first-order valence-corrected chi connectivity index (χ1v) is 6.76. The Balaban J connectivity index is 1.76. The van der Waals surface area contributed by atoms with Gasteiger partial charge >= 0.3 is 5.69 Å². The molecule has 3 rings (SSSR count). The molecule has 7 nitrogen and oxygen atoms in total. The lowest BCUT2D eigenvalue weighted by Crippen LogP contribution is -2.18. The van der Waals surface area contributed by atoms with E-state index in [-0.39, 0.29) is 12.2 Å². The van der Waals surface area contributed by atoms with Gasteiger partial charge in [-0.15, -0.1) is 0 Å². The van der Waals surface area contributed by atoms with Crippen LogP contribution in [-0.4, -0.2) is 24.9 Å². The van der Waals surface area contributed by atoms with Crippen LogP contribution in [0.5, 0.6) is 0 Å². The van der Waals surface area contributed by atoms with E-state index in [4.69, 9.17) is 4.52 Å². The van der Waals surface area contributed by atoms with Crippen LogP contribution < -0.4 is 5.69 Å². The van der Waals surface area contributed by atoms with Gasteiger partial charge in [-0.25, -0.2) is 9.48 Å². The number of aromatic nitrogens is 5. The number of nitrogens with zero attached hydrogens (tertiary/aromatic N) is 4. The second-order valence-electron chi connectivity index (χ2n) is 4.65. The number of benzene rings is 1. The van der Waals surface area contributed by atoms with Crippen LogP contribution in [0.2, 0.25) is 0 Å². The van der Waals surface area contributed by atoms with Crippen LogP contribution in [-0.2, 0) is 19.4 Å². The fourth-order valence-electron chi connectivity index (χ4n) is 2.01. The van der Waals surface area contributed by atoms with E-state index in [1.807, 2.05) is 37.3 Å². The highest BCUT2D eigenvalue weighted by molar-refractivity contribution is 5.18. The summed E-state index contributed by atoms with van der Waals surface area (Å²) in [6.07, 6.45) is 1.27. The van der Waals surface area contributed by atoms with Crippen molar-refractivity contribution in [2.24, 2.45) is 0 Å². The van der Waals surface area contributed by atoms with Crippen LogP contribution in [0.1, 0.15) is 30.0 Å². The van der Waals surface area contributed by atoms with Crippen LogP contribution in [0, 0.1) is 0 Å². The van der Waals surface area contributed by atoms with E-state index < -0.39 is 0 Å². The van der Waals surface area contributed by atoms with Crippen molar-refractivity contribution < 1.29 is 4.52 Å². The number of H-pyrrole nitrogens is 1. The number of hydrogen-bond acceptors (Lipinski definition) is 5. The van der Waals surface area contributed by atoms with Crippen molar-refractivity contribution in [1.29, 1.82) is 0 Å². The predicted molar refractivity (Wildman–Crippen MR) is 74.9 cm³/mol. The smallest absolute Gasteiger partial charge is 0.337 e. The minimum absolute atomic E-state index is 0.178. The zero-order chi connectivity index (χ0) is 14.7. The minimum atomic E-state index is -0.280. The Labute approximate surface area is 120 Å². The maximum absolute atomic E-state index is 11.9. The second-order valence-corrected chi connectivity index (χ2v) is 4.65. The molecule has 0 atom stereocenters. The standard InChI is InChI=1S/C14H15N5O2/c1-2-11-15-13(21-18-11)9-19-14(20)16-12(17-19)8-10-6-4-3-5-7-10/h3-7H,2,8-9H2,1H3,(H,16,17,20). The number of aryl methyl sites for hydroxylation is 1. The van der Waals surface area contributed by atoms with Crippen molar-refractivity contribution in [3.63, 3.8) is 0 Å². The fraction of sp³-hybridized carbons (Fsp3) is 0.286. The van der Waals surface area contributed by atoms with E-state index in [9.17, 15) is 4.79 Å². The van der Waals surface area contributed by atoms with E-state index in [0.29, 0.717) is 30.4 Å². The Hall–Kier alpha value is -2.70. The van der Waals surface area contributed by atoms with E-state index in [1.165, 1.54) is 4.68 Å². The van der Waals surface area contributed by atoms with Gasteiger partial charge in [-0.3, -0.25) is 4.98 Å². The topological polar surface area (TPSA) is 89.6 Å². The molecule has 2 heterocycles. The first-order chi connectivity index (χ1) is 10.2. The van der Waals surface area contributed by atoms with Crippen molar-refractivity contribution in [2.45, 2.75) is 26.3 Å². The normalized spacial score (nSPS) is 10.9. The zero-order valence-corrected chi connectivity index (χ0v) is 11.6. The lowest BCUT2D eigenvalue weighted by Gasteiger charge is -1.96. The Bertz CT molecular complexity index is 772. The molecule has 1 aromatic carbocycles. The lowest BCUT2D eigenvalue weighted by atomic mass is 10.1. The minimum Gasteiger partial charge on any atom is -0.337 e. The van der Waals surface area contributed by atoms with Crippen LogP contribution in [0.3, 0.4) is 0 Å². The van der Waals surface area contributed by atoms with Crippen molar-refractivity contribution >= 4 is 0 Å². The molecule has 108 valence electrons. The Kier molecular flexibility index (Phi) is 3.63. The number of hydrogen-bond donors (Lipinski definition) is 1. The summed E-state index contributed by atoms with van der Waals surface area (Å²) in [5.41, 5.74) is 0.807. The molecule has 0 aliphatic rings. The third-order valence-electron chi connectivity index (χ3n) is 3.05. The number of aromatic amines is 1. The summed E-state index contributed by atoms with van der Waals surface area (Å²) in [6.45, 7) is 2.12. The van der Waals surface area contributed by atoms with Gasteiger partial charge < -0.3 is 4.52 Å². The van der Waals surface area contributed by atoms with Crippen LogP contribution in [0.4, 0.5) is 0 Å². The highest BCUT2D eigenvalue weighted by Crippen LogP contribution is 2.04. The summed E-state index contributed by atoms with van der Waals surface area (Å²) in [4.78, 5) is 18.8. The molecule has 0 fully saturated rings. The molecule has 0 saturated carbocycles. The lowest BCUT2D eigenvalue weighted by molar-refractivity contribution is 0.359. The SMILES string of the molecule is CCc1noc(Cn2nc(Cc3ccccc3)[nH]c2=O)n1. The highest BCUT2D eigenvalue weighted by atomic mass is 16.5. The number of nitrogens with one attached hydrogen (secondary N) is 1. The van der Waals surface area contributed by atoms with Gasteiger partial charge in [0.15, 0.2) is 5.82 Å². The second kappa shape index (κ2) is 5.74. The molecule has 0 spiro atoms. The maximum Gasteiger partial charge on any atom is 0.343 e. The van der Waals surface area contributed by atoms with Gasteiger partial charge in [0.1, 0.15) is 12.4 Å². The van der Waals surface area contributed by atoms with Crippen molar-refractivity contribution in [1.82, 2.24) is 24.9 Å². The first kappa shape index (κ1) is 13.3. The molecule has 0 bridgehead atoms. The van der Waals surface area contributed by atoms with Gasteiger partial charge in [0, 0.05) is 12.8 Å². The van der Waals surface area contributed by atoms with Crippen LogP contribution >= 0.6 is 0 Å². The van der Waals surface area contributed by atoms with Crippen LogP contribution in [0.25, 0.3) is 0 Å². The summed E-state index contributed by atoms with van der Waals surface area (Å²) in [5, 5.41) is 8.05. The largest absolute Gasteiger partial charge is 0.343 e. The van der Waals surface area contributed by atoms with Gasteiger partial charge in [-0.1, -0.05) is 42.4 Å². The average molecular weight is 285 g/mol. The summed E-state index contributed by atoms with van der Waals surface area (Å²) in [7, 11) is 0. The van der Waals surface area contributed by atoms with Crippen molar-refractivity contribution in [2.75, 3.05) is 0 Å². The molecule has 3 aromatic rings. The van der Waals surface area contributed by atoms with Gasteiger partial charge in [0.2, 0.25) is 5.89 Å². The zero-order valence-electron chi connectivity index (χ0n) is 11.6. The van der Waals surface area contributed by atoms with E-state index in [1.54, 1.807) is 0 Å². The van der Waals surface area contributed by atoms with E-state index in [2.05, 4.69) is 20.2 Å². The molecule has 0 amide bonds. The predicted octanol–water partition coefficient (Wildman–Crippen LogP) is 1.16.